The zero-order chi connectivity index (χ0) is 11.5. The average molecular weight is 212 g/mol. The summed E-state index contributed by atoms with van der Waals surface area (Å²) in [5.74, 6) is -0.152. The Bertz CT molecular complexity index is 344. The van der Waals surface area contributed by atoms with Crippen LogP contribution in [0, 0.1) is 6.92 Å². The topological polar surface area (TPSA) is 75.4 Å². The number of rotatable bonds is 4. The third-order valence-electron chi connectivity index (χ3n) is 2.35. The minimum Gasteiger partial charge on any atom is -0.388 e. The molecular weight excluding hydrogens is 196 g/mol. The second kappa shape index (κ2) is 4.44. The molecule has 1 amide bonds. The lowest BCUT2D eigenvalue weighted by atomic mass is 10.0. The molecule has 0 spiro atoms. The Morgan fingerprint density at radius 2 is 2.40 bits per heavy atom. The van der Waals surface area contributed by atoms with Crippen molar-refractivity contribution in [3.8, 4) is 0 Å². The van der Waals surface area contributed by atoms with Crippen molar-refractivity contribution in [3.05, 3.63) is 17.5 Å². The summed E-state index contributed by atoms with van der Waals surface area (Å²) < 4.78 is 4.78. The Morgan fingerprint density at radius 1 is 1.73 bits per heavy atom. The van der Waals surface area contributed by atoms with Crippen molar-refractivity contribution in [2.24, 2.45) is 0 Å². The summed E-state index contributed by atoms with van der Waals surface area (Å²) in [6, 6.07) is 0. The highest BCUT2D eigenvalue weighted by Gasteiger charge is 2.21. The fourth-order valence-corrected chi connectivity index (χ4v) is 0.985. The first kappa shape index (κ1) is 11.7. The SMILES string of the molecule is CCC(C)(O)CNC(=O)c1oncc1C. The van der Waals surface area contributed by atoms with Gasteiger partial charge < -0.3 is 14.9 Å². The van der Waals surface area contributed by atoms with E-state index in [0.717, 1.165) is 0 Å². The van der Waals surface area contributed by atoms with Gasteiger partial charge in [0.25, 0.3) is 5.91 Å². The number of nitrogens with one attached hydrogen (secondary N) is 1. The van der Waals surface area contributed by atoms with Crippen LogP contribution in [0.2, 0.25) is 0 Å². The standard InChI is InChI=1S/C10H16N2O3/c1-4-10(3,14)6-11-9(13)8-7(2)5-12-15-8/h5,14H,4,6H2,1-3H3,(H,11,13). The summed E-state index contributed by atoms with van der Waals surface area (Å²) >= 11 is 0. The maximum atomic E-state index is 11.5. The molecule has 1 atom stereocenters. The fourth-order valence-electron chi connectivity index (χ4n) is 0.985. The van der Waals surface area contributed by atoms with Crippen LogP contribution in [0.15, 0.2) is 10.7 Å². The van der Waals surface area contributed by atoms with E-state index in [-0.39, 0.29) is 18.2 Å². The van der Waals surface area contributed by atoms with E-state index in [1.807, 2.05) is 6.92 Å². The van der Waals surface area contributed by atoms with Crippen LogP contribution in [-0.4, -0.2) is 28.3 Å². The molecule has 15 heavy (non-hydrogen) atoms. The molecule has 1 rings (SSSR count). The van der Waals surface area contributed by atoms with E-state index in [9.17, 15) is 9.90 Å². The lowest BCUT2D eigenvalue weighted by molar-refractivity contribution is 0.0508. The lowest BCUT2D eigenvalue weighted by Gasteiger charge is -2.21. The number of carbonyl (C=O) groups excluding carboxylic acids is 1. The summed E-state index contributed by atoms with van der Waals surface area (Å²) in [6.45, 7) is 5.46. The van der Waals surface area contributed by atoms with E-state index in [0.29, 0.717) is 12.0 Å². The summed E-state index contributed by atoms with van der Waals surface area (Å²) in [4.78, 5) is 11.5. The molecule has 1 aromatic rings. The molecule has 1 aromatic heterocycles. The van der Waals surface area contributed by atoms with Gasteiger partial charge in [0.1, 0.15) is 0 Å². The van der Waals surface area contributed by atoms with Crippen molar-refractivity contribution in [1.82, 2.24) is 10.5 Å². The Morgan fingerprint density at radius 3 is 2.87 bits per heavy atom. The Kier molecular flexibility index (Phi) is 3.47. The third kappa shape index (κ3) is 3.06. The van der Waals surface area contributed by atoms with Gasteiger partial charge in [-0.1, -0.05) is 12.1 Å². The number of aromatic nitrogens is 1. The van der Waals surface area contributed by atoms with Gasteiger partial charge >= 0.3 is 0 Å². The van der Waals surface area contributed by atoms with Crippen LogP contribution in [0.5, 0.6) is 0 Å². The predicted octanol–water partition coefficient (Wildman–Crippen LogP) is 0.874. The molecule has 0 fully saturated rings. The summed E-state index contributed by atoms with van der Waals surface area (Å²) in [6.07, 6.45) is 2.05. The van der Waals surface area contributed by atoms with E-state index in [4.69, 9.17) is 4.52 Å². The number of hydrogen-bond acceptors (Lipinski definition) is 4. The van der Waals surface area contributed by atoms with Gasteiger partial charge in [0.2, 0.25) is 5.76 Å². The molecule has 1 heterocycles. The summed E-state index contributed by atoms with van der Waals surface area (Å²) in [7, 11) is 0. The first-order valence-corrected chi connectivity index (χ1v) is 4.88. The molecule has 0 aliphatic heterocycles. The van der Waals surface area contributed by atoms with Gasteiger partial charge in [0.05, 0.1) is 11.8 Å². The van der Waals surface area contributed by atoms with Crippen LogP contribution in [-0.2, 0) is 0 Å². The van der Waals surface area contributed by atoms with Crippen molar-refractivity contribution >= 4 is 5.91 Å². The van der Waals surface area contributed by atoms with Crippen LogP contribution in [0.1, 0.15) is 36.4 Å². The average Bonchev–Trinajstić information content (AvgIpc) is 2.61. The van der Waals surface area contributed by atoms with Gasteiger partial charge in [-0.15, -0.1) is 0 Å². The van der Waals surface area contributed by atoms with E-state index in [1.165, 1.54) is 6.20 Å². The molecule has 0 aliphatic carbocycles. The van der Waals surface area contributed by atoms with Crippen LogP contribution >= 0.6 is 0 Å². The number of aliphatic hydroxyl groups is 1. The lowest BCUT2D eigenvalue weighted by Crippen LogP contribution is -2.40. The van der Waals surface area contributed by atoms with Gasteiger partial charge in [-0.2, -0.15) is 0 Å². The smallest absolute Gasteiger partial charge is 0.290 e. The maximum absolute atomic E-state index is 11.5. The fraction of sp³-hybridized carbons (Fsp3) is 0.600. The van der Waals surface area contributed by atoms with Crippen molar-refractivity contribution in [2.45, 2.75) is 32.8 Å². The van der Waals surface area contributed by atoms with Crippen molar-refractivity contribution < 1.29 is 14.4 Å². The molecule has 5 nitrogen and oxygen atoms in total. The highest BCUT2D eigenvalue weighted by atomic mass is 16.5. The molecule has 2 N–H and O–H groups in total. The van der Waals surface area contributed by atoms with Gasteiger partial charge in [0.15, 0.2) is 0 Å². The van der Waals surface area contributed by atoms with Gasteiger partial charge in [0, 0.05) is 12.1 Å². The minimum atomic E-state index is -0.885. The third-order valence-corrected chi connectivity index (χ3v) is 2.35. The van der Waals surface area contributed by atoms with Gasteiger partial charge in [-0.3, -0.25) is 4.79 Å². The molecule has 0 saturated heterocycles. The Labute approximate surface area is 88.5 Å². The predicted molar refractivity (Wildman–Crippen MR) is 54.5 cm³/mol. The highest BCUT2D eigenvalue weighted by Crippen LogP contribution is 2.08. The van der Waals surface area contributed by atoms with Crippen molar-refractivity contribution in [2.75, 3.05) is 6.54 Å². The number of carbonyl (C=O) groups is 1. The van der Waals surface area contributed by atoms with E-state index in [2.05, 4.69) is 10.5 Å². The molecular formula is C10H16N2O3. The molecule has 0 saturated carbocycles. The van der Waals surface area contributed by atoms with Crippen molar-refractivity contribution in [1.29, 1.82) is 0 Å². The molecule has 0 aliphatic rings. The van der Waals surface area contributed by atoms with Crippen molar-refractivity contribution in [3.63, 3.8) is 0 Å². The molecule has 1 unspecified atom stereocenters. The second-order valence-corrected chi connectivity index (χ2v) is 3.87. The number of amides is 1. The van der Waals surface area contributed by atoms with Gasteiger partial charge in [-0.05, 0) is 20.3 Å². The highest BCUT2D eigenvalue weighted by molar-refractivity contribution is 5.92. The van der Waals surface area contributed by atoms with E-state index >= 15 is 0 Å². The quantitative estimate of drug-likeness (QED) is 0.776. The monoisotopic (exact) mass is 212 g/mol. The maximum Gasteiger partial charge on any atom is 0.290 e. The zero-order valence-corrected chi connectivity index (χ0v) is 9.20. The van der Waals surface area contributed by atoms with Crippen LogP contribution in [0.3, 0.4) is 0 Å². The first-order valence-electron chi connectivity index (χ1n) is 4.88. The zero-order valence-electron chi connectivity index (χ0n) is 9.20. The first-order chi connectivity index (χ1) is 6.96. The molecule has 84 valence electrons. The summed E-state index contributed by atoms with van der Waals surface area (Å²) in [5.41, 5.74) is -0.201. The van der Waals surface area contributed by atoms with Gasteiger partial charge in [-0.25, -0.2) is 0 Å². The van der Waals surface area contributed by atoms with Crippen LogP contribution in [0.25, 0.3) is 0 Å². The number of aryl methyl sites for hydroxylation is 1. The Hall–Kier alpha value is -1.36. The van der Waals surface area contributed by atoms with Crippen LogP contribution in [0.4, 0.5) is 0 Å². The number of hydrogen-bond donors (Lipinski definition) is 2. The minimum absolute atomic E-state index is 0.196. The van der Waals surface area contributed by atoms with E-state index in [1.54, 1.807) is 13.8 Å². The Balaban J connectivity index is 2.55. The summed E-state index contributed by atoms with van der Waals surface area (Å²) in [5, 5.41) is 15.8. The van der Waals surface area contributed by atoms with Crippen LogP contribution < -0.4 is 5.32 Å². The molecule has 0 radical (unpaired) electrons. The largest absolute Gasteiger partial charge is 0.388 e. The second-order valence-electron chi connectivity index (χ2n) is 3.87. The van der Waals surface area contributed by atoms with E-state index < -0.39 is 5.60 Å². The molecule has 0 aromatic carbocycles. The normalized spacial score (nSPS) is 14.7. The number of nitrogens with zero attached hydrogens (tertiary/aromatic N) is 1. The molecule has 5 heteroatoms. The molecule has 0 bridgehead atoms.